The van der Waals surface area contributed by atoms with Crippen molar-refractivity contribution in [2.24, 2.45) is 0 Å². The van der Waals surface area contributed by atoms with Crippen LogP contribution in [0, 0.1) is 0 Å². The van der Waals surface area contributed by atoms with E-state index >= 15 is 0 Å². The van der Waals surface area contributed by atoms with Gasteiger partial charge in [0.15, 0.2) is 11.5 Å². The van der Waals surface area contributed by atoms with E-state index in [-0.39, 0.29) is 23.5 Å². The van der Waals surface area contributed by atoms with E-state index in [0.29, 0.717) is 43.2 Å². The molecule has 0 bridgehead atoms. The second kappa shape index (κ2) is 11.6. The Morgan fingerprint density at radius 2 is 1.82 bits per heavy atom. The summed E-state index contributed by atoms with van der Waals surface area (Å²) in [4.78, 5) is 32.1. The molecular weight excluding hydrogens is 501 g/mol. The molecule has 2 heterocycles. The zero-order valence-electron chi connectivity index (χ0n) is 20.6. The van der Waals surface area contributed by atoms with E-state index < -0.39 is 24.1 Å². The number of nitrogens with one attached hydrogen (secondary N) is 1. The molecule has 8 nitrogen and oxygen atoms in total. The maximum absolute atomic E-state index is 13.0. The molecule has 1 amide bonds. The highest BCUT2D eigenvalue weighted by Crippen LogP contribution is 2.32. The third-order valence-corrected chi connectivity index (χ3v) is 6.15. The molecule has 3 N–H and O–H groups in total. The number of carbonyl (C=O) groups excluding carboxylic acids is 2. The van der Waals surface area contributed by atoms with Crippen LogP contribution in [0.25, 0.3) is 11.3 Å². The third-order valence-electron chi connectivity index (χ3n) is 6.15. The molecule has 11 heteroatoms. The van der Waals surface area contributed by atoms with E-state index in [0.717, 1.165) is 11.6 Å². The predicted molar refractivity (Wildman–Crippen MR) is 136 cm³/mol. The highest BCUT2D eigenvalue weighted by Gasteiger charge is 2.33. The summed E-state index contributed by atoms with van der Waals surface area (Å²) in [7, 11) is 0. The zero-order valence-corrected chi connectivity index (χ0v) is 20.6. The molecule has 1 atom stereocenters. The lowest BCUT2D eigenvalue weighted by Gasteiger charge is -2.31. The minimum Gasteiger partial charge on any atom is -0.404 e. The number of rotatable bonds is 8. The fourth-order valence-electron chi connectivity index (χ4n) is 4.02. The third kappa shape index (κ3) is 7.08. The Kier molecular flexibility index (Phi) is 8.28. The van der Waals surface area contributed by atoms with E-state index in [2.05, 4.69) is 15.0 Å². The highest BCUT2D eigenvalue weighted by molar-refractivity contribution is 6.01. The molecule has 1 aliphatic heterocycles. The molecule has 200 valence electrons. The van der Waals surface area contributed by atoms with E-state index in [1.165, 1.54) is 12.1 Å². The van der Waals surface area contributed by atoms with Crippen LogP contribution in [0.5, 0.6) is 5.75 Å². The normalized spacial score (nSPS) is 15.1. The van der Waals surface area contributed by atoms with Crippen LogP contribution < -0.4 is 15.8 Å². The summed E-state index contributed by atoms with van der Waals surface area (Å²) in [6, 6.07) is 13.6. The number of amides is 1. The molecule has 38 heavy (non-hydrogen) atoms. The van der Waals surface area contributed by atoms with Crippen molar-refractivity contribution in [2.75, 3.05) is 37.4 Å². The predicted octanol–water partition coefficient (Wildman–Crippen LogP) is 4.31. The summed E-state index contributed by atoms with van der Waals surface area (Å²) >= 11 is 0. The van der Waals surface area contributed by atoms with Crippen molar-refractivity contribution in [1.29, 1.82) is 0 Å². The van der Waals surface area contributed by atoms with Gasteiger partial charge < -0.3 is 20.5 Å². The molecule has 4 rings (SSSR count). The Morgan fingerprint density at radius 1 is 1.11 bits per heavy atom. The van der Waals surface area contributed by atoms with E-state index in [1.54, 1.807) is 37.4 Å². The standard InChI is InChI=1S/C27H27F3N4O4/c1-17(34-10-12-37-13-11-34)26(36)33-23-15-20(5-9-25(23)38-27(28,29)30)24(35)14-18-2-8-22(32-16-18)19-3-6-21(31)7-4-19/h2-9,15-17H,10-14,31H2,1H3,(H,33,36)/t17-/m1/s1. The number of ether oxygens (including phenoxy) is 2. The molecule has 1 aromatic heterocycles. The quantitative estimate of drug-likeness (QED) is 0.331. The van der Waals surface area contributed by atoms with Gasteiger partial charge in [0.1, 0.15) is 0 Å². The number of morpholine rings is 1. The second-order valence-electron chi connectivity index (χ2n) is 8.85. The van der Waals surface area contributed by atoms with Crippen molar-refractivity contribution in [3.05, 3.63) is 71.9 Å². The maximum Gasteiger partial charge on any atom is 0.573 e. The smallest absolute Gasteiger partial charge is 0.404 e. The fraction of sp³-hybridized carbons (Fsp3) is 0.296. The zero-order chi connectivity index (χ0) is 27.3. The number of pyridine rings is 1. The fourth-order valence-corrected chi connectivity index (χ4v) is 4.02. The average molecular weight is 529 g/mol. The van der Waals surface area contributed by atoms with Crippen LogP contribution in [0.1, 0.15) is 22.8 Å². The summed E-state index contributed by atoms with van der Waals surface area (Å²) in [5.41, 5.74) is 8.42. The van der Waals surface area contributed by atoms with Crippen LogP contribution >= 0.6 is 0 Å². The number of carbonyl (C=O) groups is 2. The van der Waals surface area contributed by atoms with E-state index in [1.807, 2.05) is 17.0 Å². The molecule has 0 saturated carbocycles. The number of anilines is 2. The van der Waals surface area contributed by atoms with Crippen LogP contribution in [0.4, 0.5) is 24.5 Å². The van der Waals surface area contributed by atoms with Gasteiger partial charge in [-0.15, -0.1) is 13.2 Å². The second-order valence-corrected chi connectivity index (χ2v) is 8.85. The molecule has 3 aromatic rings. The Bertz CT molecular complexity index is 1270. The summed E-state index contributed by atoms with van der Waals surface area (Å²) in [6.07, 6.45) is -3.44. The molecule has 0 spiro atoms. The monoisotopic (exact) mass is 528 g/mol. The molecule has 2 aromatic carbocycles. The van der Waals surface area contributed by atoms with Gasteiger partial charge in [-0.25, -0.2) is 0 Å². The average Bonchev–Trinajstić information content (AvgIpc) is 2.90. The first-order chi connectivity index (χ1) is 18.1. The van der Waals surface area contributed by atoms with Crippen LogP contribution in [0.3, 0.4) is 0 Å². The van der Waals surface area contributed by atoms with Gasteiger partial charge in [-0.3, -0.25) is 19.5 Å². The summed E-state index contributed by atoms with van der Waals surface area (Å²) in [5.74, 6) is -1.49. The largest absolute Gasteiger partial charge is 0.573 e. The van der Waals surface area contributed by atoms with Crippen LogP contribution in [0.15, 0.2) is 60.8 Å². The lowest BCUT2D eigenvalue weighted by Crippen LogP contribution is -2.47. The first-order valence-electron chi connectivity index (χ1n) is 12.0. The molecule has 1 saturated heterocycles. The van der Waals surface area contributed by atoms with Crippen molar-refractivity contribution in [2.45, 2.75) is 25.7 Å². The van der Waals surface area contributed by atoms with Crippen LogP contribution in [-0.2, 0) is 16.0 Å². The number of halogens is 3. The molecule has 0 radical (unpaired) electrons. The molecule has 0 unspecified atom stereocenters. The molecule has 1 fully saturated rings. The molecule has 0 aliphatic carbocycles. The van der Waals surface area contributed by atoms with Gasteiger partial charge in [0, 0.05) is 42.5 Å². The number of alkyl halides is 3. The van der Waals surface area contributed by atoms with Crippen molar-refractivity contribution in [3.63, 3.8) is 0 Å². The SMILES string of the molecule is C[C@H](C(=O)Nc1cc(C(=O)Cc2ccc(-c3ccc(N)cc3)nc2)ccc1OC(F)(F)F)N1CCOCC1. The summed E-state index contributed by atoms with van der Waals surface area (Å²) < 4.78 is 48.4. The maximum atomic E-state index is 13.0. The number of hydrogen-bond donors (Lipinski definition) is 2. The number of nitrogens with two attached hydrogens (primary N) is 1. The minimum atomic E-state index is -4.97. The topological polar surface area (TPSA) is 107 Å². The number of nitrogens with zero attached hydrogens (tertiary/aromatic N) is 2. The van der Waals surface area contributed by atoms with Crippen molar-refractivity contribution in [1.82, 2.24) is 9.88 Å². The van der Waals surface area contributed by atoms with Gasteiger partial charge in [0.25, 0.3) is 0 Å². The van der Waals surface area contributed by atoms with Crippen molar-refractivity contribution < 1.29 is 32.2 Å². The van der Waals surface area contributed by atoms with Crippen LogP contribution in [0.2, 0.25) is 0 Å². The molecular formula is C27H27F3N4O4. The van der Waals surface area contributed by atoms with Crippen molar-refractivity contribution >= 4 is 23.1 Å². The Morgan fingerprint density at radius 3 is 2.45 bits per heavy atom. The van der Waals surface area contributed by atoms with Gasteiger partial charge in [0.05, 0.1) is 30.6 Å². The molecule has 1 aliphatic rings. The number of hydrogen-bond acceptors (Lipinski definition) is 7. The minimum absolute atomic E-state index is 0.0357. The Labute approximate surface area is 217 Å². The first-order valence-corrected chi connectivity index (χ1v) is 12.0. The lowest BCUT2D eigenvalue weighted by atomic mass is 10.0. The lowest BCUT2D eigenvalue weighted by molar-refractivity contribution is -0.274. The number of Topliss-reactive ketones (excluding diaryl/α,β-unsaturated/α-hetero) is 1. The van der Waals surface area contributed by atoms with E-state index in [4.69, 9.17) is 10.5 Å². The van der Waals surface area contributed by atoms with Gasteiger partial charge in [-0.05, 0) is 48.9 Å². The van der Waals surface area contributed by atoms with E-state index in [9.17, 15) is 22.8 Å². The number of ketones is 1. The first kappa shape index (κ1) is 27.1. The van der Waals surface area contributed by atoms with Crippen LogP contribution in [-0.4, -0.2) is 60.3 Å². The Hall–Kier alpha value is -3.96. The number of aromatic nitrogens is 1. The number of benzene rings is 2. The summed E-state index contributed by atoms with van der Waals surface area (Å²) in [6.45, 7) is 3.61. The highest BCUT2D eigenvalue weighted by atomic mass is 19.4. The summed E-state index contributed by atoms with van der Waals surface area (Å²) in [5, 5.41) is 2.50. The van der Waals surface area contributed by atoms with Crippen molar-refractivity contribution in [3.8, 4) is 17.0 Å². The van der Waals surface area contributed by atoms with Gasteiger partial charge >= 0.3 is 6.36 Å². The van der Waals surface area contributed by atoms with Gasteiger partial charge in [0.2, 0.25) is 5.91 Å². The Balaban J connectivity index is 1.50. The number of nitrogen functional groups attached to an aromatic ring is 1. The van der Waals surface area contributed by atoms with Gasteiger partial charge in [-0.1, -0.05) is 18.2 Å². The van der Waals surface area contributed by atoms with Gasteiger partial charge in [-0.2, -0.15) is 0 Å².